The lowest BCUT2D eigenvalue weighted by Gasteiger charge is -2.16. The van der Waals surface area contributed by atoms with Crippen LogP contribution in [0.3, 0.4) is 0 Å². The summed E-state index contributed by atoms with van der Waals surface area (Å²) in [5, 5.41) is 12.6. The molecule has 2 atom stereocenters. The van der Waals surface area contributed by atoms with E-state index in [4.69, 9.17) is 4.74 Å². The minimum Gasteiger partial charge on any atom is -0.496 e. The highest BCUT2D eigenvalue weighted by Gasteiger charge is 2.25. The van der Waals surface area contributed by atoms with E-state index >= 15 is 0 Å². The molecule has 1 fully saturated rings. The Morgan fingerprint density at radius 2 is 2.26 bits per heavy atom. The fraction of sp³-hybridized carbons (Fsp3) is 0.533. The van der Waals surface area contributed by atoms with Gasteiger partial charge in [-0.3, -0.25) is 4.79 Å². The van der Waals surface area contributed by atoms with Gasteiger partial charge >= 0.3 is 0 Å². The van der Waals surface area contributed by atoms with Gasteiger partial charge in [-0.05, 0) is 31.9 Å². The molecule has 2 rings (SSSR count). The van der Waals surface area contributed by atoms with Crippen LogP contribution in [-0.2, 0) is 0 Å². The molecule has 1 aliphatic carbocycles. The third-order valence-electron chi connectivity index (χ3n) is 3.74. The topological polar surface area (TPSA) is 58.6 Å². The van der Waals surface area contributed by atoms with Gasteiger partial charge in [-0.25, -0.2) is 0 Å². The zero-order valence-corrected chi connectivity index (χ0v) is 11.5. The van der Waals surface area contributed by atoms with Crippen molar-refractivity contribution in [2.45, 2.75) is 32.3 Å². The molecule has 1 aromatic carbocycles. The number of carbonyl (C=O) groups excluding carboxylic acids is 1. The summed E-state index contributed by atoms with van der Waals surface area (Å²) in [5.41, 5.74) is 1.57. The fourth-order valence-corrected chi connectivity index (χ4v) is 2.57. The number of nitrogens with one attached hydrogen (secondary N) is 1. The van der Waals surface area contributed by atoms with Gasteiger partial charge in [0.15, 0.2) is 0 Å². The van der Waals surface area contributed by atoms with Crippen LogP contribution in [0.4, 0.5) is 0 Å². The second-order valence-corrected chi connectivity index (χ2v) is 5.17. The molecule has 0 bridgehead atoms. The van der Waals surface area contributed by atoms with Crippen LogP contribution in [0.2, 0.25) is 0 Å². The maximum atomic E-state index is 12.2. The Bertz CT molecular complexity index is 459. The number of amides is 1. The molecular formula is C15H21NO3. The number of aryl methyl sites for hydroxylation is 1. The van der Waals surface area contributed by atoms with Crippen molar-refractivity contribution in [3.8, 4) is 5.75 Å². The van der Waals surface area contributed by atoms with Gasteiger partial charge in [0.25, 0.3) is 5.91 Å². The van der Waals surface area contributed by atoms with Gasteiger partial charge in [-0.1, -0.05) is 18.1 Å². The van der Waals surface area contributed by atoms with E-state index in [1.807, 2.05) is 19.1 Å². The van der Waals surface area contributed by atoms with Crippen molar-refractivity contribution in [1.29, 1.82) is 0 Å². The van der Waals surface area contributed by atoms with Gasteiger partial charge in [-0.15, -0.1) is 0 Å². The first kappa shape index (κ1) is 13.9. The predicted octanol–water partition coefficient (Wildman–Crippen LogP) is 1.89. The molecule has 1 amide bonds. The summed E-state index contributed by atoms with van der Waals surface area (Å²) in [6.07, 6.45) is 2.58. The highest BCUT2D eigenvalue weighted by molar-refractivity contribution is 5.97. The molecule has 2 N–H and O–H groups in total. The van der Waals surface area contributed by atoms with Crippen molar-refractivity contribution in [3.63, 3.8) is 0 Å². The van der Waals surface area contributed by atoms with Gasteiger partial charge in [0.2, 0.25) is 0 Å². The molecule has 4 heteroatoms. The molecule has 0 aliphatic heterocycles. The van der Waals surface area contributed by atoms with Gasteiger partial charge in [0.05, 0.1) is 18.8 Å². The van der Waals surface area contributed by atoms with Crippen LogP contribution in [0, 0.1) is 12.8 Å². The van der Waals surface area contributed by atoms with Crippen molar-refractivity contribution >= 4 is 5.91 Å². The van der Waals surface area contributed by atoms with Gasteiger partial charge in [0, 0.05) is 12.5 Å². The van der Waals surface area contributed by atoms with Gasteiger partial charge in [0.1, 0.15) is 5.75 Å². The minimum atomic E-state index is -0.278. The minimum absolute atomic E-state index is 0.139. The van der Waals surface area contributed by atoms with Crippen molar-refractivity contribution in [1.82, 2.24) is 5.32 Å². The number of aliphatic hydroxyl groups excluding tert-OH is 1. The Kier molecular flexibility index (Phi) is 4.43. The first-order valence-electron chi connectivity index (χ1n) is 6.72. The molecule has 0 saturated heterocycles. The monoisotopic (exact) mass is 263 g/mol. The van der Waals surface area contributed by atoms with Crippen LogP contribution >= 0.6 is 0 Å². The summed E-state index contributed by atoms with van der Waals surface area (Å²) in [4.78, 5) is 12.2. The molecule has 0 spiro atoms. The molecule has 0 heterocycles. The quantitative estimate of drug-likeness (QED) is 0.872. The van der Waals surface area contributed by atoms with E-state index in [0.717, 1.165) is 24.8 Å². The zero-order chi connectivity index (χ0) is 13.8. The number of hydrogen-bond donors (Lipinski definition) is 2. The molecule has 0 aromatic heterocycles. The Hall–Kier alpha value is -1.55. The molecule has 1 aromatic rings. The van der Waals surface area contributed by atoms with Crippen molar-refractivity contribution in [2.24, 2.45) is 5.92 Å². The number of carbonyl (C=O) groups is 1. The van der Waals surface area contributed by atoms with E-state index in [1.165, 1.54) is 0 Å². The number of aliphatic hydroxyl groups is 1. The van der Waals surface area contributed by atoms with Crippen LogP contribution < -0.4 is 10.1 Å². The lowest BCUT2D eigenvalue weighted by Crippen LogP contribution is -2.32. The molecule has 2 unspecified atom stereocenters. The van der Waals surface area contributed by atoms with Crippen molar-refractivity contribution in [3.05, 3.63) is 29.3 Å². The standard InChI is InChI=1S/C15H21NO3/c1-10-6-7-14(19-2)12(8-10)15(18)16-9-11-4-3-5-13(11)17/h6-8,11,13,17H,3-5,9H2,1-2H3,(H,16,18). The van der Waals surface area contributed by atoms with E-state index < -0.39 is 0 Å². The van der Waals surface area contributed by atoms with E-state index in [9.17, 15) is 9.90 Å². The summed E-state index contributed by atoms with van der Waals surface area (Å²) in [6.45, 7) is 2.47. The molecule has 104 valence electrons. The highest BCUT2D eigenvalue weighted by atomic mass is 16.5. The third kappa shape index (κ3) is 3.26. The Morgan fingerprint density at radius 3 is 2.89 bits per heavy atom. The summed E-state index contributed by atoms with van der Waals surface area (Å²) in [5.74, 6) is 0.620. The number of benzene rings is 1. The summed E-state index contributed by atoms with van der Waals surface area (Å²) >= 11 is 0. The van der Waals surface area contributed by atoms with Crippen molar-refractivity contribution in [2.75, 3.05) is 13.7 Å². The second-order valence-electron chi connectivity index (χ2n) is 5.17. The lowest BCUT2D eigenvalue weighted by molar-refractivity contribution is 0.0914. The highest BCUT2D eigenvalue weighted by Crippen LogP contribution is 2.25. The molecule has 19 heavy (non-hydrogen) atoms. The average molecular weight is 263 g/mol. The molecule has 1 aliphatic rings. The number of hydrogen-bond acceptors (Lipinski definition) is 3. The van der Waals surface area contributed by atoms with Crippen LogP contribution in [-0.4, -0.2) is 30.8 Å². The molecular weight excluding hydrogens is 242 g/mol. The Morgan fingerprint density at radius 1 is 1.47 bits per heavy atom. The van der Waals surface area contributed by atoms with Crippen LogP contribution in [0.1, 0.15) is 35.2 Å². The van der Waals surface area contributed by atoms with Crippen LogP contribution in [0.5, 0.6) is 5.75 Å². The summed E-state index contributed by atoms with van der Waals surface area (Å²) < 4.78 is 5.20. The zero-order valence-electron chi connectivity index (χ0n) is 11.5. The molecule has 4 nitrogen and oxygen atoms in total. The average Bonchev–Trinajstić information content (AvgIpc) is 2.81. The Labute approximate surface area is 113 Å². The van der Waals surface area contributed by atoms with E-state index in [0.29, 0.717) is 17.9 Å². The van der Waals surface area contributed by atoms with Crippen LogP contribution in [0.15, 0.2) is 18.2 Å². The smallest absolute Gasteiger partial charge is 0.255 e. The number of ether oxygens (including phenoxy) is 1. The molecule has 1 saturated carbocycles. The predicted molar refractivity (Wildman–Crippen MR) is 73.4 cm³/mol. The Balaban J connectivity index is 2.01. The van der Waals surface area contributed by atoms with E-state index in [-0.39, 0.29) is 17.9 Å². The summed E-state index contributed by atoms with van der Waals surface area (Å²) in [6, 6.07) is 5.53. The summed E-state index contributed by atoms with van der Waals surface area (Å²) in [7, 11) is 1.56. The first-order valence-corrected chi connectivity index (χ1v) is 6.72. The van der Waals surface area contributed by atoms with E-state index in [2.05, 4.69) is 5.32 Å². The van der Waals surface area contributed by atoms with Gasteiger partial charge < -0.3 is 15.2 Å². The first-order chi connectivity index (χ1) is 9.11. The number of methoxy groups -OCH3 is 1. The second kappa shape index (κ2) is 6.06. The van der Waals surface area contributed by atoms with Gasteiger partial charge in [-0.2, -0.15) is 0 Å². The molecule has 0 radical (unpaired) electrons. The third-order valence-corrected chi connectivity index (χ3v) is 3.74. The maximum absolute atomic E-state index is 12.2. The lowest BCUT2D eigenvalue weighted by atomic mass is 10.1. The maximum Gasteiger partial charge on any atom is 0.255 e. The number of rotatable bonds is 4. The normalized spacial score (nSPS) is 22.3. The van der Waals surface area contributed by atoms with Crippen LogP contribution in [0.25, 0.3) is 0 Å². The van der Waals surface area contributed by atoms with Crippen molar-refractivity contribution < 1.29 is 14.6 Å². The van der Waals surface area contributed by atoms with E-state index in [1.54, 1.807) is 13.2 Å². The SMILES string of the molecule is COc1ccc(C)cc1C(=O)NCC1CCCC1O. The fourth-order valence-electron chi connectivity index (χ4n) is 2.57. The largest absolute Gasteiger partial charge is 0.496 e.